The van der Waals surface area contributed by atoms with E-state index in [1.807, 2.05) is 18.2 Å². The van der Waals surface area contributed by atoms with Crippen LogP contribution in [0.25, 0.3) is 0 Å². The summed E-state index contributed by atoms with van der Waals surface area (Å²) in [5.74, 6) is 0.324. The second-order valence-electron chi connectivity index (χ2n) is 3.13. The number of hydrogen-bond acceptors (Lipinski definition) is 1. The van der Waals surface area contributed by atoms with E-state index in [-0.39, 0.29) is 0 Å². The van der Waals surface area contributed by atoms with Crippen molar-refractivity contribution in [3.63, 3.8) is 0 Å². The van der Waals surface area contributed by atoms with Crippen molar-refractivity contribution in [2.75, 3.05) is 0 Å². The third-order valence-electron chi connectivity index (χ3n) is 2.23. The summed E-state index contributed by atoms with van der Waals surface area (Å²) in [4.78, 5) is 11.1. The van der Waals surface area contributed by atoms with Crippen molar-refractivity contribution < 1.29 is 4.79 Å². The van der Waals surface area contributed by atoms with E-state index in [1.165, 1.54) is 5.56 Å². The summed E-state index contributed by atoms with van der Waals surface area (Å²) in [6.07, 6.45) is 2.13. The first-order chi connectivity index (χ1) is 5.75. The fourth-order valence-electron chi connectivity index (χ4n) is 1.58. The van der Waals surface area contributed by atoms with E-state index in [1.54, 1.807) is 0 Å². The van der Waals surface area contributed by atoms with Gasteiger partial charge in [-0.3, -0.25) is 4.79 Å². The van der Waals surface area contributed by atoms with Gasteiger partial charge in [0.15, 0.2) is 0 Å². The third-order valence-corrected chi connectivity index (χ3v) is 2.46. The Bertz CT molecular complexity index is 331. The Morgan fingerprint density at radius 3 is 2.83 bits per heavy atom. The molecule has 0 saturated carbocycles. The molecule has 1 aliphatic carbocycles. The van der Waals surface area contributed by atoms with Crippen molar-refractivity contribution in [2.45, 2.75) is 19.3 Å². The van der Waals surface area contributed by atoms with Crippen LogP contribution in [0.3, 0.4) is 0 Å². The van der Waals surface area contributed by atoms with Gasteiger partial charge >= 0.3 is 0 Å². The predicted molar refractivity (Wildman–Crippen MR) is 48.5 cm³/mol. The minimum atomic E-state index is 0.324. The lowest BCUT2D eigenvalue weighted by Crippen LogP contribution is -2.12. The van der Waals surface area contributed by atoms with Crippen LogP contribution in [-0.2, 0) is 17.6 Å². The van der Waals surface area contributed by atoms with Gasteiger partial charge in [0.25, 0.3) is 0 Å². The average Bonchev–Trinajstić information content (AvgIpc) is 2.03. The Balaban J connectivity index is 2.44. The van der Waals surface area contributed by atoms with Gasteiger partial charge in [-0.25, -0.2) is 0 Å². The number of fused-ring (bicyclic) bond motifs is 1. The Kier molecular flexibility index (Phi) is 1.89. The average molecular weight is 181 g/mol. The maximum atomic E-state index is 11.1. The Labute approximate surface area is 76.4 Å². The fraction of sp³-hybridized carbons (Fsp3) is 0.300. The van der Waals surface area contributed by atoms with Crippen LogP contribution in [0, 0.1) is 0 Å². The van der Waals surface area contributed by atoms with E-state index in [0.29, 0.717) is 18.6 Å². The molecule has 0 radical (unpaired) electrons. The molecule has 0 spiro atoms. The van der Waals surface area contributed by atoms with Crippen LogP contribution < -0.4 is 0 Å². The molecule has 0 heterocycles. The molecule has 1 aromatic carbocycles. The number of carbonyl (C=O) groups is 1. The molecule has 0 aromatic heterocycles. The molecule has 0 amide bonds. The Morgan fingerprint density at radius 1 is 1.17 bits per heavy atom. The zero-order valence-electron chi connectivity index (χ0n) is 6.64. The summed E-state index contributed by atoms with van der Waals surface area (Å²) in [6.45, 7) is 0. The minimum Gasteiger partial charge on any atom is -0.299 e. The van der Waals surface area contributed by atoms with Crippen molar-refractivity contribution >= 4 is 17.4 Å². The number of ketones is 1. The van der Waals surface area contributed by atoms with Gasteiger partial charge < -0.3 is 0 Å². The zero-order valence-corrected chi connectivity index (χ0v) is 7.40. The number of benzene rings is 1. The number of aryl methyl sites for hydroxylation is 1. The summed E-state index contributed by atoms with van der Waals surface area (Å²) in [7, 11) is 0. The molecular weight excluding hydrogens is 172 g/mol. The standard InChI is InChI=1S/C10H9ClO/c11-9-3-1-7-2-4-10(12)6-8(7)5-9/h1,3,5H,2,4,6H2. The van der Waals surface area contributed by atoms with E-state index in [0.717, 1.165) is 17.0 Å². The molecular formula is C10H9ClO. The highest BCUT2D eigenvalue weighted by molar-refractivity contribution is 6.30. The molecule has 0 unspecified atom stereocenters. The smallest absolute Gasteiger partial charge is 0.137 e. The molecule has 0 fully saturated rings. The van der Waals surface area contributed by atoms with Crippen molar-refractivity contribution in [1.29, 1.82) is 0 Å². The molecule has 0 bridgehead atoms. The largest absolute Gasteiger partial charge is 0.299 e. The lowest BCUT2D eigenvalue weighted by Gasteiger charge is -2.14. The molecule has 62 valence electrons. The monoisotopic (exact) mass is 180 g/mol. The first-order valence-electron chi connectivity index (χ1n) is 4.05. The number of halogens is 1. The Morgan fingerprint density at radius 2 is 2.00 bits per heavy atom. The van der Waals surface area contributed by atoms with Gasteiger partial charge in [0.1, 0.15) is 5.78 Å². The van der Waals surface area contributed by atoms with Gasteiger partial charge in [-0.05, 0) is 29.7 Å². The lowest BCUT2D eigenvalue weighted by atomic mass is 9.91. The van der Waals surface area contributed by atoms with E-state index < -0.39 is 0 Å². The van der Waals surface area contributed by atoms with Crippen LogP contribution in [0.5, 0.6) is 0 Å². The third kappa shape index (κ3) is 1.37. The van der Waals surface area contributed by atoms with Crippen molar-refractivity contribution in [1.82, 2.24) is 0 Å². The fourth-order valence-corrected chi connectivity index (χ4v) is 1.77. The minimum absolute atomic E-state index is 0.324. The zero-order chi connectivity index (χ0) is 8.55. The van der Waals surface area contributed by atoms with Crippen LogP contribution in [0.2, 0.25) is 5.02 Å². The summed E-state index contributed by atoms with van der Waals surface area (Å²) < 4.78 is 0. The van der Waals surface area contributed by atoms with E-state index >= 15 is 0 Å². The van der Waals surface area contributed by atoms with Crippen LogP contribution >= 0.6 is 11.6 Å². The normalized spacial score (nSPS) is 15.9. The first-order valence-corrected chi connectivity index (χ1v) is 4.42. The molecule has 1 nitrogen and oxygen atoms in total. The summed E-state index contributed by atoms with van der Waals surface area (Å²) in [5.41, 5.74) is 2.39. The van der Waals surface area contributed by atoms with Gasteiger partial charge in [0.2, 0.25) is 0 Å². The maximum absolute atomic E-state index is 11.1. The van der Waals surface area contributed by atoms with Crippen molar-refractivity contribution in [3.8, 4) is 0 Å². The van der Waals surface area contributed by atoms with Crippen LogP contribution in [0.1, 0.15) is 17.5 Å². The van der Waals surface area contributed by atoms with Crippen LogP contribution in [0.4, 0.5) is 0 Å². The van der Waals surface area contributed by atoms with Crippen LogP contribution in [-0.4, -0.2) is 5.78 Å². The topological polar surface area (TPSA) is 17.1 Å². The number of carbonyl (C=O) groups excluding carboxylic acids is 1. The number of hydrogen-bond donors (Lipinski definition) is 0. The van der Waals surface area contributed by atoms with Gasteiger partial charge in [-0.15, -0.1) is 0 Å². The highest BCUT2D eigenvalue weighted by atomic mass is 35.5. The Hall–Kier alpha value is -0.820. The maximum Gasteiger partial charge on any atom is 0.137 e. The molecule has 2 heteroatoms. The highest BCUT2D eigenvalue weighted by Crippen LogP contribution is 2.22. The molecule has 1 aliphatic rings. The first kappa shape index (κ1) is 7.81. The molecule has 2 rings (SSSR count). The van der Waals surface area contributed by atoms with E-state index in [2.05, 4.69) is 0 Å². The summed E-state index contributed by atoms with van der Waals surface area (Å²) in [5, 5.41) is 0.725. The quantitative estimate of drug-likeness (QED) is 0.599. The van der Waals surface area contributed by atoms with Gasteiger partial charge in [-0.2, -0.15) is 0 Å². The number of Topliss-reactive ketones (excluding diaryl/α,β-unsaturated/α-hetero) is 1. The summed E-state index contributed by atoms with van der Waals surface area (Å²) >= 11 is 5.81. The van der Waals surface area contributed by atoms with Crippen molar-refractivity contribution in [2.24, 2.45) is 0 Å². The van der Waals surface area contributed by atoms with E-state index in [4.69, 9.17) is 11.6 Å². The molecule has 0 N–H and O–H groups in total. The molecule has 1 aromatic rings. The molecule has 0 saturated heterocycles. The second kappa shape index (κ2) is 2.91. The molecule has 0 aliphatic heterocycles. The van der Waals surface area contributed by atoms with E-state index in [9.17, 15) is 4.79 Å². The molecule has 0 atom stereocenters. The second-order valence-corrected chi connectivity index (χ2v) is 3.56. The van der Waals surface area contributed by atoms with Crippen LogP contribution in [0.15, 0.2) is 18.2 Å². The lowest BCUT2D eigenvalue weighted by molar-refractivity contribution is -0.118. The van der Waals surface area contributed by atoms with Gasteiger partial charge in [-0.1, -0.05) is 17.7 Å². The number of rotatable bonds is 0. The van der Waals surface area contributed by atoms with Gasteiger partial charge in [0, 0.05) is 17.9 Å². The molecule has 12 heavy (non-hydrogen) atoms. The SMILES string of the molecule is O=C1CCc2ccc(Cl)cc2C1. The summed E-state index contributed by atoms with van der Waals surface area (Å²) in [6, 6.07) is 5.80. The van der Waals surface area contributed by atoms with Crippen molar-refractivity contribution in [3.05, 3.63) is 34.3 Å². The predicted octanol–water partition coefficient (Wildman–Crippen LogP) is 2.40. The van der Waals surface area contributed by atoms with Gasteiger partial charge in [0.05, 0.1) is 0 Å². The highest BCUT2D eigenvalue weighted by Gasteiger charge is 2.14.